The maximum absolute atomic E-state index is 9.55. The first-order valence-electron chi connectivity index (χ1n) is 6.74. The third-order valence-corrected chi connectivity index (χ3v) is 4.27. The lowest BCUT2D eigenvalue weighted by atomic mass is 9.88. The molecule has 1 N–H and O–H groups in total. The van der Waals surface area contributed by atoms with E-state index in [1.54, 1.807) is 0 Å². The van der Waals surface area contributed by atoms with E-state index in [2.05, 4.69) is 55.2 Å². The molecule has 0 aliphatic heterocycles. The fourth-order valence-corrected chi connectivity index (χ4v) is 3.26. The van der Waals surface area contributed by atoms with Crippen LogP contribution in [0, 0.1) is 23.7 Å². The molecule has 1 atom stereocenters. The van der Waals surface area contributed by atoms with E-state index in [1.165, 1.54) is 16.6 Å². The van der Waals surface area contributed by atoms with Crippen molar-refractivity contribution in [2.45, 2.75) is 25.8 Å². The summed E-state index contributed by atoms with van der Waals surface area (Å²) in [6.45, 7) is 2.11. The lowest BCUT2D eigenvalue weighted by Crippen LogP contribution is -2.28. The summed E-state index contributed by atoms with van der Waals surface area (Å²) in [6, 6.07) is 11.1. The van der Waals surface area contributed by atoms with Crippen molar-refractivity contribution in [3.8, 4) is 6.07 Å². The van der Waals surface area contributed by atoms with Crippen LogP contribution in [-0.2, 0) is 0 Å². The Bertz CT molecular complexity index is 656. The molecule has 0 saturated heterocycles. The standard InChI is InChI=1S/C16H19N3/c1-11-14(12-6-4-5-7-13(12)18-11)15(19(2)3)16(10-17)8-9-16/h4-7,15,18H,8-9H2,1-3H3. The molecule has 1 aliphatic carbocycles. The molecular formula is C16H19N3. The van der Waals surface area contributed by atoms with E-state index in [0.717, 1.165) is 18.4 Å². The molecule has 1 saturated carbocycles. The van der Waals surface area contributed by atoms with Gasteiger partial charge in [-0.25, -0.2) is 0 Å². The van der Waals surface area contributed by atoms with Crippen LogP contribution in [0.5, 0.6) is 0 Å². The summed E-state index contributed by atoms with van der Waals surface area (Å²) < 4.78 is 0. The van der Waals surface area contributed by atoms with Crippen LogP contribution in [0.15, 0.2) is 24.3 Å². The van der Waals surface area contributed by atoms with Crippen molar-refractivity contribution in [1.82, 2.24) is 9.88 Å². The zero-order valence-corrected chi connectivity index (χ0v) is 11.7. The van der Waals surface area contributed by atoms with Gasteiger partial charge in [0.2, 0.25) is 0 Å². The Hall–Kier alpha value is -1.79. The van der Waals surface area contributed by atoms with Gasteiger partial charge in [-0.2, -0.15) is 5.26 Å². The fourth-order valence-electron chi connectivity index (χ4n) is 3.26. The number of fused-ring (bicyclic) bond motifs is 1. The third kappa shape index (κ3) is 1.75. The third-order valence-electron chi connectivity index (χ3n) is 4.27. The summed E-state index contributed by atoms with van der Waals surface area (Å²) in [7, 11) is 4.15. The number of aromatic amines is 1. The Morgan fingerprint density at radius 1 is 1.32 bits per heavy atom. The second kappa shape index (κ2) is 4.11. The first kappa shape index (κ1) is 12.3. The molecule has 3 nitrogen and oxygen atoms in total. The van der Waals surface area contributed by atoms with Crippen molar-refractivity contribution >= 4 is 10.9 Å². The highest BCUT2D eigenvalue weighted by Gasteiger charge is 2.52. The molecule has 1 fully saturated rings. The number of aromatic nitrogens is 1. The molecule has 3 heteroatoms. The van der Waals surface area contributed by atoms with Crippen molar-refractivity contribution in [2.75, 3.05) is 14.1 Å². The van der Waals surface area contributed by atoms with Gasteiger partial charge in [0.1, 0.15) is 0 Å². The monoisotopic (exact) mass is 253 g/mol. The predicted molar refractivity (Wildman–Crippen MR) is 76.7 cm³/mol. The maximum atomic E-state index is 9.55. The van der Waals surface area contributed by atoms with Gasteiger partial charge in [-0.3, -0.25) is 0 Å². The highest BCUT2D eigenvalue weighted by atomic mass is 15.1. The summed E-state index contributed by atoms with van der Waals surface area (Å²) in [6.07, 6.45) is 2.01. The molecule has 19 heavy (non-hydrogen) atoms. The molecule has 0 bridgehead atoms. The molecule has 0 amide bonds. The predicted octanol–water partition coefficient (Wildman–Crippen LogP) is 3.38. The van der Waals surface area contributed by atoms with Gasteiger partial charge in [0.05, 0.1) is 17.5 Å². The number of nitrogens with zero attached hydrogens (tertiary/aromatic N) is 2. The van der Waals surface area contributed by atoms with Gasteiger partial charge >= 0.3 is 0 Å². The van der Waals surface area contributed by atoms with Crippen molar-refractivity contribution in [3.05, 3.63) is 35.5 Å². The summed E-state index contributed by atoms with van der Waals surface area (Å²) in [5, 5.41) is 10.8. The van der Waals surface area contributed by atoms with Crippen LogP contribution in [0.25, 0.3) is 10.9 Å². The molecule has 2 aromatic rings. The lowest BCUT2D eigenvalue weighted by molar-refractivity contribution is 0.233. The number of benzene rings is 1. The van der Waals surface area contributed by atoms with E-state index in [1.807, 2.05) is 6.07 Å². The lowest BCUT2D eigenvalue weighted by Gasteiger charge is -2.29. The van der Waals surface area contributed by atoms with Gasteiger partial charge in [0.25, 0.3) is 0 Å². The van der Waals surface area contributed by atoms with E-state index in [4.69, 9.17) is 0 Å². The first-order chi connectivity index (χ1) is 9.09. The molecule has 0 spiro atoms. The van der Waals surface area contributed by atoms with Crippen LogP contribution in [-0.4, -0.2) is 24.0 Å². The molecular weight excluding hydrogens is 234 g/mol. The van der Waals surface area contributed by atoms with Crippen LogP contribution < -0.4 is 0 Å². The Labute approximate surface area is 113 Å². The van der Waals surface area contributed by atoms with E-state index in [9.17, 15) is 5.26 Å². The molecule has 1 aromatic carbocycles. The first-order valence-corrected chi connectivity index (χ1v) is 6.74. The highest BCUT2D eigenvalue weighted by molar-refractivity contribution is 5.85. The fraction of sp³-hybridized carbons (Fsp3) is 0.438. The zero-order chi connectivity index (χ0) is 13.6. The molecule has 1 heterocycles. The zero-order valence-electron chi connectivity index (χ0n) is 11.7. The summed E-state index contributed by atoms with van der Waals surface area (Å²) in [5.41, 5.74) is 3.44. The van der Waals surface area contributed by atoms with Gasteiger partial charge in [0.15, 0.2) is 0 Å². The number of hydrogen-bond donors (Lipinski definition) is 1. The van der Waals surface area contributed by atoms with Crippen LogP contribution in [0.3, 0.4) is 0 Å². The Balaban J connectivity index is 2.22. The molecule has 98 valence electrons. The molecule has 0 radical (unpaired) electrons. The van der Waals surface area contributed by atoms with E-state index < -0.39 is 0 Å². The largest absolute Gasteiger partial charge is 0.358 e. The summed E-state index contributed by atoms with van der Waals surface area (Å²) in [5.74, 6) is 0. The minimum absolute atomic E-state index is 0.175. The average Bonchev–Trinajstić information content (AvgIpc) is 3.10. The normalized spacial score (nSPS) is 18.5. The second-order valence-corrected chi connectivity index (χ2v) is 5.84. The molecule has 1 aliphatic rings. The minimum Gasteiger partial charge on any atom is -0.358 e. The Morgan fingerprint density at radius 3 is 2.58 bits per heavy atom. The number of nitrogens with one attached hydrogen (secondary N) is 1. The Morgan fingerprint density at radius 2 is 2.00 bits per heavy atom. The maximum Gasteiger partial charge on any atom is 0.0772 e. The van der Waals surface area contributed by atoms with Crippen LogP contribution >= 0.6 is 0 Å². The van der Waals surface area contributed by atoms with Gasteiger partial charge in [-0.1, -0.05) is 18.2 Å². The molecule has 1 aromatic heterocycles. The number of hydrogen-bond acceptors (Lipinski definition) is 2. The number of nitriles is 1. The quantitative estimate of drug-likeness (QED) is 0.911. The molecule has 1 unspecified atom stereocenters. The van der Waals surface area contributed by atoms with Crippen LogP contribution in [0.4, 0.5) is 0 Å². The minimum atomic E-state index is -0.195. The SMILES string of the molecule is Cc1[nH]c2ccccc2c1C(N(C)C)C1(C#N)CC1. The van der Waals surface area contributed by atoms with Crippen LogP contribution in [0.1, 0.15) is 30.1 Å². The molecule has 3 rings (SSSR count). The van der Waals surface area contributed by atoms with Gasteiger partial charge in [-0.05, 0) is 45.5 Å². The number of rotatable bonds is 3. The summed E-state index contributed by atoms with van der Waals surface area (Å²) in [4.78, 5) is 5.64. The van der Waals surface area contributed by atoms with Crippen molar-refractivity contribution < 1.29 is 0 Å². The smallest absolute Gasteiger partial charge is 0.0772 e. The number of H-pyrrole nitrogens is 1. The van der Waals surface area contributed by atoms with Gasteiger partial charge < -0.3 is 9.88 Å². The van der Waals surface area contributed by atoms with E-state index in [0.29, 0.717) is 0 Å². The topological polar surface area (TPSA) is 42.8 Å². The highest BCUT2D eigenvalue weighted by Crippen LogP contribution is 2.57. The van der Waals surface area contributed by atoms with Crippen molar-refractivity contribution in [3.63, 3.8) is 0 Å². The van der Waals surface area contributed by atoms with Crippen molar-refractivity contribution in [1.29, 1.82) is 5.26 Å². The number of aryl methyl sites for hydroxylation is 1. The average molecular weight is 253 g/mol. The summed E-state index contributed by atoms with van der Waals surface area (Å²) >= 11 is 0. The van der Waals surface area contributed by atoms with Crippen LogP contribution in [0.2, 0.25) is 0 Å². The van der Waals surface area contributed by atoms with E-state index >= 15 is 0 Å². The van der Waals surface area contributed by atoms with Crippen molar-refractivity contribution in [2.24, 2.45) is 5.41 Å². The van der Waals surface area contributed by atoms with E-state index in [-0.39, 0.29) is 11.5 Å². The Kier molecular flexibility index (Phi) is 2.65. The van der Waals surface area contributed by atoms with Gasteiger partial charge in [0, 0.05) is 16.6 Å². The second-order valence-electron chi connectivity index (χ2n) is 5.84. The number of para-hydroxylation sites is 1. The van der Waals surface area contributed by atoms with Gasteiger partial charge in [-0.15, -0.1) is 0 Å².